The van der Waals surface area contributed by atoms with Gasteiger partial charge in [-0.1, -0.05) is 0 Å². The Hall–Kier alpha value is -1.59. The maximum absolute atomic E-state index is 5.38. The number of furan rings is 1. The quantitative estimate of drug-likeness (QED) is 0.862. The molecule has 0 aromatic carbocycles. The molecular weight excluding hydrogens is 242 g/mol. The number of rotatable bonds is 5. The molecular formula is C14H19N3O2. The minimum absolute atomic E-state index is 0.0162. The van der Waals surface area contributed by atoms with Crippen LogP contribution in [0.25, 0.3) is 11.0 Å². The van der Waals surface area contributed by atoms with Crippen LogP contribution < -0.4 is 10.6 Å². The number of hydrogen-bond donors (Lipinski definition) is 2. The van der Waals surface area contributed by atoms with Gasteiger partial charge < -0.3 is 19.8 Å². The Bertz CT molecular complexity index is 546. The van der Waals surface area contributed by atoms with E-state index >= 15 is 0 Å². The van der Waals surface area contributed by atoms with E-state index in [0.717, 1.165) is 36.3 Å². The molecule has 0 amide bonds. The number of nitrogens with zero attached hydrogens (tertiary/aromatic N) is 1. The zero-order valence-electron chi connectivity index (χ0n) is 11.1. The lowest BCUT2D eigenvalue weighted by molar-refractivity contribution is 0.127. The molecule has 2 aromatic rings. The number of aromatic nitrogens is 1. The van der Waals surface area contributed by atoms with Crippen LogP contribution in [0.4, 0.5) is 5.82 Å². The van der Waals surface area contributed by atoms with Crippen LogP contribution in [-0.2, 0) is 4.74 Å². The molecule has 1 aliphatic heterocycles. The highest BCUT2D eigenvalue weighted by molar-refractivity contribution is 5.87. The maximum Gasteiger partial charge on any atom is 0.139 e. The predicted octanol–water partition coefficient (Wildman–Crippen LogP) is 2.01. The Balaban J connectivity index is 1.76. The highest BCUT2D eigenvalue weighted by atomic mass is 16.5. The van der Waals surface area contributed by atoms with E-state index in [0.29, 0.717) is 6.61 Å². The molecule has 0 spiro atoms. The summed E-state index contributed by atoms with van der Waals surface area (Å²) >= 11 is 0. The molecule has 0 aliphatic carbocycles. The molecule has 2 aromatic heterocycles. The molecule has 0 radical (unpaired) electrons. The van der Waals surface area contributed by atoms with Gasteiger partial charge in [0.1, 0.15) is 11.4 Å². The summed E-state index contributed by atoms with van der Waals surface area (Å²) in [7, 11) is 1.75. The van der Waals surface area contributed by atoms with Gasteiger partial charge >= 0.3 is 0 Å². The van der Waals surface area contributed by atoms with Gasteiger partial charge in [0.15, 0.2) is 0 Å². The van der Waals surface area contributed by atoms with E-state index in [-0.39, 0.29) is 5.54 Å². The van der Waals surface area contributed by atoms with Crippen LogP contribution in [0.5, 0.6) is 0 Å². The van der Waals surface area contributed by atoms with Crippen molar-refractivity contribution in [3.63, 3.8) is 0 Å². The molecule has 1 unspecified atom stereocenters. The van der Waals surface area contributed by atoms with Crippen molar-refractivity contribution in [2.75, 3.05) is 32.1 Å². The van der Waals surface area contributed by atoms with Crippen molar-refractivity contribution < 1.29 is 9.15 Å². The largest absolute Gasteiger partial charge is 0.464 e. The average molecular weight is 261 g/mol. The standard InChI is InChI=1S/C14H19N3O2/c1-18-10-14(5-2-6-17-14)9-16-13-11-4-8-19-12(11)3-7-15-13/h3-4,7-8,17H,2,5-6,9-10H2,1H3,(H,15,16). The third kappa shape index (κ3) is 2.43. The summed E-state index contributed by atoms with van der Waals surface area (Å²) in [6.45, 7) is 2.56. The van der Waals surface area contributed by atoms with Crippen LogP contribution in [0.2, 0.25) is 0 Å². The third-order valence-corrected chi connectivity index (χ3v) is 3.73. The molecule has 1 fully saturated rings. The van der Waals surface area contributed by atoms with Gasteiger partial charge in [-0.15, -0.1) is 0 Å². The highest BCUT2D eigenvalue weighted by Gasteiger charge is 2.33. The zero-order chi connectivity index (χ0) is 13.1. The molecule has 0 bridgehead atoms. The van der Waals surface area contributed by atoms with Crippen LogP contribution >= 0.6 is 0 Å². The number of methoxy groups -OCH3 is 1. The SMILES string of the molecule is COCC1(CNc2nccc3occc23)CCCN1. The van der Waals surface area contributed by atoms with Crippen molar-refractivity contribution in [3.8, 4) is 0 Å². The van der Waals surface area contributed by atoms with Crippen molar-refractivity contribution >= 4 is 16.8 Å². The first-order valence-corrected chi connectivity index (χ1v) is 6.63. The van der Waals surface area contributed by atoms with Crippen LogP contribution in [0.15, 0.2) is 29.0 Å². The number of ether oxygens (including phenoxy) is 1. The molecule has 1 aliphatic rings. The predicted molar refractivity (Wildman–Crippen MR) is 74.3 cm³/mol. The van der Waals surface area contributed by atoms with E-state index in [1.807, 2.05) is 12.1 Å². The average Bonchev–Trinajstić information content (AvgIpc) is 3.06. The molecule has 5 nitrogen and oxygen atoms in total. The first kappa shape index (κ1) is 12.4. The van der Waals surface area contributed by atoms with E-state index in [4.69, 9.17) is 9.15 Å². The maximum atomic E-state index is 5.38. The first-order chi connectivity index (χ1) is 9.33. The van der Waals surface area contributed by atoms with Gasteiger partial charge in [-0.25, -0.2) is 4.98 Å². The molecule has 5 heteroatoms. The Morgan fingerprint density at radius 3 is 3.26 bits per heavy atom. The van der Waals surface area contributed by atoms with Crippen LogP contribution in [-0.4, -0.2) is 37.3 Å². The molecule has 0 saturated carbocycles. The van der Waals surface area contributed by atoms with Crippen LogP contribution in [0.1, 0.15) is 12.8 Å². The third-order valence-electron chi connectivity index (χ3n) is 3.73. The van der Waals surface area contributed by atoms with E-state index in [1.165, 1.54) is 6.42 Å². The smallest absolute Gasteiger partial charge is 0.139 e. The Morgan fingerprint density at radius 2 is 2.47 bits per heavy atom. The number of fused-ring (bicyclic) bond motifs is 1. The number of anilines is 1. The molecule has 19 heavy (non-hydrogen) atoms. The second-order valence-corrected chi connectivity index (χ2v) is 5.09. The zero-order valence-corrected chi connectivity index (χ0v) is 11.1. The summed E-state index contributed by atoms with van der Waals surface area (Å²) in [5.74, 6) is 0.871. The van der Waals surface area contributed by atoms with E-state index in [2.05, 4.69) is 15.6 Å². The molecule has 2 N–H and O–H groups in total. The van der Waals surface area contributed by atoms with Gasteiger partial charge in [-0.3, -0.25) is 0 Å². The monoisotopic (exact) mass is 261 g/mol. The van der Waals surface area contributed by atoms with Gasteiger partial charge in [-0.05, 0) is 31.5 Å². The molecule has 1 saturated heterocycles. The van der Waals surface area contributed by atoms with Crippen molar-refractivity contribution in [2.24, 2.45) is 0 Å². The number of hydrogen-bond acceptors (Lipinski definition) is 5. The fourth-order valence-corrected chi connectivity index (χ4v) is 2.76. The summed E-state index contributed by atoms with van der Waals surface area (Å²) in [5.41, 5.74) is 0.875. The van der Waals surface area contributed by atoms with Crippen molar-refractivity contribution in [1.29, 1.82) is 0 Å². The Kier molecular flexibility index (Phi) is 3.40. The Morgan fingerprint density at radius 1 is 1.53 bits per heavy atom. The molecule has 3 rings (SSSR count). The summed E-state index contributed by atoms with van der Waals surface area (Å²) in [6.07, 6.45) is 5.76. The van der Waals surface area contributed by atoms with Crippen LogP contribution in [0, 0.1) is 0 Å². The van der Waals surface area contributed by atoms with Crippen molar-refractivity contribution in [2.45, 2.75) is 18.4 Å². The Labute approximate surface area is 112 Å². The van der Waals surface area contributed by atoms with Crippen molar-refractivity contribution in [1.82, 2.24) is 10.3 Å². The summed E-state index contributed by atoms with van der Waals surface area (Å²) < 4.78 is 10.7. The lowest BCUT2D eigenvalue weighted by Crippen LogP contribution is -2.49. The highest BCUT2D eigenvalue weighted by Crippen LogP contribution is 2.24. The lowest BCUT2D eigenvalue weighted by atomic mass is 9.98. The summed E-state index contributed by atoms with van der Waals surface area (Å²) in [5, 5.41) is 7.99. The molecule has 102 valence electrons. The summed E-state index contributed by atoms with van der Waals surface area (Å²) in [6, 6.07) is 3.81. The number of nitrogens with one attached hydrogen (secondary N) is 2. The van der Waals surface area contributed by atoms with E-state index < -0.39 is 0 Å². The molecule has 3 heterocycles. The topological polar surface area (TPSA) is 59.3 Å². The second kappa shape index (κ2) is 5.19. The minimum Gasteiger partial charge on any atom is -0.464 e. The van der Waals surface area contributed by atoms with E-state index in [9.17, 15) is 0 Å². The number of pyridine rings is 1. The van der Waals surface area contributed by atoms with Gasteiger partial charge in [0.25, 0.3) is 0 Å². The summed E-state index contributed by atoms with van der Waals surface area (Å²) in [4.78, 5) is 4.39. The van der Waals surface area contributed by atoms with Gasteiger partial charge in [0, 0.05) is 19.9 Å². The fourth-order valence-electron chi connectivity index (χ4n) is 2.76. The van der Waals surface area contributed by atoms with Crippen molar-refractivity contribution in [3.05, 3.63) is 24.6 Å². The van der Waals surface area contributed by atoms with Gasteiger partial charge in [0.05, 0.1) is 23.8 Å². The second-order valence-electron chi connectivity index (χ2n) is 5.09. The van der Waals surface area contributed by atoms with E-state index in [1.54, 1.807) is 19.6 Å². The normalized spacial score (nSPS) is 23.0. The minimum atomic E-state index is 0.0162. The van der Waals surface area contributed by atoms with Gasteiger partial charge in [0.2, 0.25) is 0 Å². The fraction of sp³-hybridized carbons (Fsp3) is 0.500. The van der Waals surface area contributed by atoms with Crippen LogP contribution in [0.3, 0.4) is 0 Å². The first-order valence-electron chi connectivity index (χ1n) is 6.63. The van der Waals surface area contributed by atoms with Gasteiger partial charge in [-0.2, -0.15) is 0 Å². The molecule has 1 atom stereocenters. The lowest BCUT2D eigenvalue weighted by Gasteiger charge is -2.29.